The summed E-state index contributed by atoms with van der Waals surface area (Å²) in [6, 6.07) is 1.50. The predicted molar refractivity (Wildman–Crippen MR) is 78.7 cm³/mol. The standard InChI is InChI=1S/C13H20BrNO4S/c1-9(2)5-6-15(10-3-4-10)20(17,18)12-7-11(8-16)19-13(12)14/h7,9-10,16H,3-6,8H2,1-2H3. The first kappa shape index (κ1) is 16.0. The third-order valence-electron chi connectivity index (χ3n) is 3.33. The van der Waals surface area contributed by atoms with Crippen molar-refractivity contribution in [1.82, 2.24) is 4.31 Å². The molecule has 1 aromatic rings. The molecular weight excluding hydrogens is 346 g/mol. The molecule has 2 rings (SSSR count). The average Bonchev–Trinajstić information content (AvgIpc) is 3.10. The third kappa shape index (κ3) is 3.44. The molecule has 5 nitrogen and oxygen atoms in total. The maximum absolute atomic E-state index is 12.7. The Kier molecular flexibility index (Phi) is 4.94. The summed E-state index contributed by atoms with van der Waals surface area (Å²) in [5.74, 6) is 0.697. The maximum atomic E-state index is 12.7. The van der Waals surface area contributed by atoms with Gasteiger partial charge < -0.3 is 9.52 Å². The van der Waals surface area contributed by atoms with Crippen molar-refractivity contribution in [2.75, 3.05) is 6.54 Å². The number of halogens is 1. The van der Waals surface area contributed by atoms with Crippen molar-refractivity contribution in [1.29, 1.82) is 0 Å². The highest BCUT2D eigenvalue weighted by molar-refractivity contribution is 9.10. The first-order chi connectivity index (χ1) is 9.36. The molecule has 0 spiro atoms. The summed E-state index contributed by atoms with van der Waals surface area (Å²) >= 11 is 3.13. The van der Waals surface area contributed by atoms with Gasteiger partial charge in [0.25, 0.3) is 0 Å². The van der Waals surface area contributed by atoms with E-state index >= 15 is 0 Å². The van der Waals surface area contributed by atoms with E-state index in [-0.39, 0.29) is 28.0 Å². The Bertz CT molecular complexity index is 563. The molecule has 0 unspecified atom stereocenters. The summed E-state index contributed by atoms with van der Waals surface area (Å²) in [5.41, 5.74) is 0. The molecule has 1 heterocycles. The fourth-order valence-corrected chi connectivity index (χ4v) is 4.69. The number of nitrogens with zero attached hydrogens (tertiary/aromatic N) is 1. The van der Waals surface area contributed by atoms with Gasteiger partial charge in [-0.05, 0) is 41.1 Å². The van der Waals surface area contributed by atoms with Gasteiger partial charge in [0, 0.05) is 18.7 Å². The number of sulfonamides is 1. The fourth-order valence-electron chi connectivity index (χ4n) is 2.02. The summed E-state index contributed by atoms with van der Waals surface area (Å²) in [6.07, 6.45) is 2.66. The zero-order valence-corrected chi connectivity index (χ0v) is 14.1. The lowest BCUT2D eigenvalue weighted by Gasteiger charge is -2.22. The number of furan rings is 1. The zero-order valence-electron chi connectivity index (χ0n) is 11.7. The summed E-state index contributed by atoms with van der Waals surface area (Å²) in [4.78, 5) is 0.109. The molecule has 1 aliphatic carbocycles. The molecule has 0 aromatic carbocycles. The van der Waals surface area contributed by atoms with E-state index in [9.17, 15) is 8.42 Å². The van der Waals surface area contributed by atoms with E-state index in [2.05, 4.69) is 29.8 Å². The van der Waals surface area contributed by atoms with Crippen LogP contribution >= 0.6 is 15.9 Å². The molecule has 1 aliphatic rings. The van der Waals surface area contributed by atoms with Crippen molar-refractivity contribution >= 4 is 26.0 Å². The van der Waals surface area contributed by atoms with E-state index in [0.29, 0.717) is 12.5 Å². The van der Waals surface area contributed by atoms with Gasteiger partial charge in [0.1, 0.15) is 17.3 Å². The third-order valence-corrected chi connectivity index (χ3v) is 6.14. The monoisotopic (exact) mass is 365 g/mol. The van der Waals surface area contributed by atoms with E-state index in [4.69, 9.17) is 9.52 Å². The van der Waals surface area contributed by atoms with Crippen LogP contribution in [0.15, 0.2) is 20.0 Å². The molecule has 1 N–H and O–H groups in total. The first-order valence-electron chi connectivity index (χ1n) is 6.77. The van der Waals surface area contributed by atoms with Crippen molar-refractivity contribution in [2.45, 2.75) is 50.7 Å². The van der Waals surface area contributed by atoms with Crippen LogP contribution in [-0.4, -0.2) is 30.4 Å². The largest absolute Gasteiger partial charge is 0.450 e. The number of hydrogen-bond donors (Lipinski definition) is 1. The highest BCUT2D eigenvalue weighted by atomic mass is 79.9. The van der Waals surface area contributed by atoms with Crippen LogP contribution in [0.4, 0.5) is 0 Å². The molecule has 0 radical (unpaired) electrons. The molecule has 0 bridgehead atoms. The van der Waals surface area contributed by atoms with E-state index < -0.39 is 10.0 Å². The van der Waals surface area contributed by atoms with E-state index in [1.54, 1.807) is 4.31 Å². The van der Waals surface area contributed by atoms with Gasteiger partial charge in [-0.3, -0.25) is 0 Å². The van der Waals surface area contributed by atoms with Gasteiger partial charge in [0.2, 0.25) is 10.0 Å². The van der Waals surface area contributed by atoms with Crippen LogP contribution < -0.4 is 0 Å². The number of aliphatic hydroxyl groups excluding tert-OH is 1. The van der Waals surface area contributed by atoms with Gasteiger partial charge in [-0.25, -0.2) is 8.42 Å². The first-order valence-corrected chi connectivity index (χ1v) is 9.00. The second kappa shape index (κ2) is 6.17. The Morgan fingerprint density at radius 1 is 1.50 bits per heavy atom. The summed E-state index contributed by atoms with van der Waals surface area (Å²) in [5, 5.41) is 9.05. The van der Waals surface area contributed by atoms with Gasteiger partial charge in [-0.1, -0.05) is 13.8 Å². The van der Waals surface area contributed by atoms with Gasteiger partial charge >= 0.3 is 0 Å². The minimum atomic E-state index is -3.57. The average molecular weight is 366 g/mol. The van der Waals surface area contributed by atoms with E-state index in [0.717, 1.165) is 19.3 Å². The van der Waals surface area contributed by atoms with Gasteiger partial charge in [0.15, 0.2) is 4.67 Å². The quantitative estimate of drug-likeness (QED) is 0.806. The molecule has 114 valence electrons. The normalized spacial score (nSPS) is 16.3. The van der Waals surface area contributed by atoms with Crippen molar-refractivity contribution in [2.24, 2.45) is 5.92 Å². The van der Waals surface area contributed by atoms with Crippen LogP contribution in [0, 0.1) is 5.92 Å². The molecule has 0 saturated heterocycles. The SMILES string of the molecule is CC(C)CCN(C1CC1)S(=O)(=O)c1cc(CO)oc1Br. The predicted octanol–water partition coefficient (Wildman–Crippen LogP) is 2.73. The summed E-state index contributed by atoms with van der Waals surface area (Å²) in [6.45, 7) is 4.37. The molecule has 0 amide bonds. The fraction of sp³-hybridized carbons (Fsp3) is 0.692. The maximum Gasteiger partial charge on any atom is 0.247 e. The van der Waals surface area contributed by atoms with Crippen LogP contribution in [0.5, 0.6) is 0 Å². The lowest BCUT2D eigenvalue weighted by Crippen LogP contribution is -2.34. The number of hydrogen-bond acceptors (Lipinski definition) is 4. The Hall–Kier alpha value is -0.370. The van der Waals surface area contributed by atoms with Crippen molar-refractivity contribution < 1.29 is 17.9 Å². The Morgan fingerprint density at radius 2 is 2.15 bits per heavy atom. The van der Waals surface area contributed by atoms with Gasteiger partial charge in [-0.15, -0.1) is 0 Å². The molecule has 7 heteroatoms. The number of aliphatic hydroxyl groups is 1. The van der Waals surface area contributed by atoms with Crippen molar-refractivity contribution in [3.63, 3.8) is 0 Å². The lowest BCUT2D eigenvalue weighted by atomic mass is 10.1. The smallest absolute Gasteiger partial charge is 0.247 e. The minimum Gasteiger partial charge on any atom is -0.450 e. The second-order valence-corrected chi connectivity index (χ2v) is 8.12. The molecule has 0 aliphatic heterocycles. The lowest BCUT2D eigenvalue weighted by molar-refractivity contribution is 0.245. The zero-order chi connectivity index (χ0) is 14.9. The van der Waals surface area contributed by atoms with Crippen LogP contribution in [0.2, 0.25) is 0 Å². The number of rotatable bonds is 7. The highest BCUT2D eigenvalue weighted by Crippen LogP contribution is 2.36. The molecule has 1 saturated carbocycles. The molecule has 1 fully saturated rings. The van der Waals surface area contributed by atoms with Crippen LogP contribution in [0.3, 0.4) is 0 Å². The molecule has 0 atom stereocenters. The molecule has 1 aromatic heterocycles. The minimum absolute atomic E-state index is 0.109. The van der Waals surface area contributed by atoms with Crippen molar-refractivity contribution in [3.05, 3.63) is 16.5 Å². The van der Waals surface area contributed by atoms with Crippen molar-refractivity contribution in [3.8, 4) is 0 Å². The van der Waals surface area contributed by atoms with Gasteiger partial charge in [0.05, 0.1) is 0 Å². The Balaban J connectivity index is 2.27. The molecular formula is C13H20BrNO4S. The summed E-state index contributed by atoms with van der Waals surface area (Å²) < 4.78 is 32.4. The summed E-state index contributed by atoms with van der Waals surface area (Å²) in [7, 11) is -3.57. The second-order valence-electron chi connectivity index (χ2n) is 5.54. The van der Waals surface area contributed by atoms with E-state index in [1.165, 1.54) is 6.07 Å². The van der Waals surface area contributed by atoms with E-state index in [1.807, 2.05) is 0 Å². The van der Waals surface area contributed by atoms with Gasteiger partial charge in [-0.2, -0.15) is 4.31 Å². The van der Waals surface area contributed by atoms with Crippen LogP contribution in [0.1, 0.15) is 38.9 Å². The topological polar surface area (TPSA) is 70.8 Å². The Labute approximate surface area is 128 Å². The highest BCUT2D eigenvalue weighted by Gasteiger charge is 2.39. The molecule has 20 heavy (non-hydrogen) atoms. The Morgan fingerprint density at radius 3 is 2.60 bits per heavy atom. The van der Waals surface area contributed by atoms with Crippen LogP contribution in [-0.2, 0) is 16.6 Å². The van der Waals surface area contributed by atoms with Crippen LogP contribution in [0.25, 0.3) is 0 Å².